The number of amides is 1. The van der Waals surface area contributed by atoms with E-state index in [1.54, 1.807) is 18.7 Å². The van der Waals surface area contributed by atoms with E-state index in [0.29, 0.717) is 18.0 Å². The highest BCUT2D eigenvalue weighted by Gasteiger charge is 2.36. The number of pyridine rings is 1. The Kier molecular flexibility index (Phi) is 3.83. The fraction of sp³-hybridized carbons (Fsp3) is 0.333. The van der Waals surface area contributed by atoms with Crippen molar-refractivity contribution in [2.75, 3.05) is 6.54 Å². The van der Waals surface area contributed by atoms with Gasteiger partial charge in [0.2, 0.25) is 0 Å². The lowest BCUT2D eigenvalue weighted by molar-refractivity contribution is 0.0682. The van der Waals surface area contributed by atoms with Gasteiger partial charge in [-0.05, 0) is 17.7 Å². The molecule has 1 N–H and O–H groups in total. The first-order valence-electron chi connectivity index (χ1n) is 8.33. The minimum atomic E-state index is -0.262. The van der Waals surface area contributed by atoms with Gasteiger partial charge in [-0.1, -0.05) is 13.8 Å². The summed E-state index contributed by atoms with van der Waals surface area (Å²) in [6, 6.07) is 3.57. The topological polar surface area (TPSA) is 87.9 Å². The SMILES string of the molecule is CC(C)c1ocnc1C(=O)N1CCc2[nH]cnc2C1c1ccncc1. The van der Waals surface area contributed by atoms with Crippen LogP contribution < -0.4 is 0 Å². The van der Waals surface area contributed by atoms with Crippen LogP contribution in [0.4, 0.5) is 0 Å². The summed E-state index contributed by atoms with van der Waals surface area (Å²) in [6.07, 6.45) is 7.22. The highest BCUT2D eigenvalue weighted by atomic mass is 16.3. The zero-order chi connectivity index (χ0) is 17.4. The summed E-state index contributed by atoms with van der Waals surface area (Å²) in [7, 11) is 0. The molecule has 25 heavy (non-hydrogen) atoms. The lowest BCUT2D eigenvalue weighted by Gasteiger charge is -2.35. The number of imidazole rings is 1. The van der Waals surface area contributed by atoms with Crippen molar-refractivity contribution in [3.05, 3.63) is 65.7 Å². The number of carbonyl (C=O) groups is 1. The van der Waals surface area contributed by atoms with Gasteiger partial charge in [0.1, 0.15) is 11.8 Å². The molecule has 1 aliphatic rings. The Balaban J connectivity index is 1.78. The molecule has 0 aliphatic carbocycles. The summed E-state index contributed by atoms with van der Waals surface area (Å²) in [4.78, 5) is 31.0. The number of hydrogen-bond donors (Lipinski definition) is 1. The van der Waals surface area contributed by atoms with Crippen molar-refractivity contribution in [2.45, 2.75) is 32.2 Å². The number of rotatable bonds is 3. The molecular weight excluding hydrogens is 318 g/mol. The average molecular weight is 337 g/mol. The molecule has 0 aromatic carbocycles. The summed E-state index contributed by atoms with van der Waals surface area (Å²) in [5.74, 6) is 0.575. The van der Waals surface area contributed by atoms with E-state index in [2.05, 4.69) is 19.9 Å². The highest BCUT2D eigenvalue weighted by molar-refractivity contribution is 5.94. The van der Waals surface area contributed by atoms with Gasteiger partial charge in [-0.3, -0.25) is 9.78 Å². The summed E-state index contributed by atoms with van der Waals surface area (Å²) < 4.78 is 5.44. The number of aromatic amines is 1. The number of oxazole rings is 1. The zero-order valence-electron chi connectivity index (χ0n) is 14.1. The van der Waals surface area contributed by atoms with Crippen LogP contribution in [0.15, 0.2) is 41.7 Å². The Morgan fingerprint density at radius 3 is 2.88 bits per heavy atom. The van der Waals surface area contributed by atoms with Crippen molar-refractivity contribution in [2.24, 2.45) is 0 Å². The van der Waals surface area contributed by atoms with Crippen molar-refractivity contribution < 1.29 is 9.21 Å². The second-order valence-corrected chi connectivity index (χ2v) is 6.42. The number of H-pyrrole nitrogens is 1. The van der Waals surface area contributed by atoms with Crippen LogP contribution in [0.1, 0.15) is 59.0 Å². The first-order chi connectivity index (χ1) is 12.2. The van der Waals surface area contributed by atoms with E-state index in [-0.39, 0.29) is 17.9 Å². The molecule has 0 saturated carbocycles. The van der Waals surface area contributed by atoms with E-state index >= 15 is 0 Å². The van der Waals surface area contributed by atoms with Gasteiger partial charge in [0.15, 0.2) is 12.1 Å². The van der Waals surface area contributed by atoms with Gasteiger partial charge in [0, 0.05) is 37.0 Å². The fourth-order valence-electron chi connectivity index (χ4n) is 3.34. The third kappa shape index (κ3) is 2.61. The van der Waals surface area contributed by atoms with Crippen LogP contribution in [0.2, 0.25) is 0 Å². The van der Waals surface area contributed by atoms with Gasteiger partial charge in [-0.25, -0.2) is 9.97 Å². The molecule has 7 nitrogen and oxygen atoms in total. The number of fused-ring (bicyclic) bond motifs is 1. The van der Waals surface area contributed by atoms with Crippen LogP contribution in [0.25, 0.3) is 0 Å². The Morgan fingerprint density at radius 2 is 2.12 bits per heavy atom. The minimum absolute atomic E-state index is 0.0894. The predicted molar refractivity (Wildman–Crippen MR) is 90.0 cm³/mol. The number of nitrogens with zero attached hydrogens (tertiary/aromatic N) is 4. The molecule has 4 rings (SSSR count). The van der Waals surface area contributed by atoms with Crippen molar-refractivity contribution in [3.63, 3.8) is 0 Å². The van der Waals surface area contributed by atoms with Crippen molar-refractivity contribution in [3.8, 4) is 0 Å². The molecule has 0 spiro atoms. The smallest absolute Gasteiger partial charge is 0.276 e. The minimum Gasteiger partial charge on any atom is -0.447 e. The average Bonchev–Trinajstić information content (AvgIpc) is 3.30. The van der Waals surface area contributed by atoms with E-state index in [4.69, 9.17) is 4.42 Å². The molecule has 1 unspecified atom stereocenters. The van der Waals surface area contributed by atoms with Crippen LogP contribution in [0.3, 0.4) is 0 Å². The molecule has 3 aromatic rings. The fourth-order valence-corrected chi connectivity index (χ4v) is 3.34. The maximum atomic E-state index is 13.3. The Morgan fingerprint density at radius 1 is 1.32 bits per heavy atom. The Hall–Kier alpha value is -2.96. The van der Waals surface area contributed by atoms with Crippen LogP contribution in [-0.4, -0.2) is 37.3 Å². The van der Waals surface area contributed by atoms with Crippen LogP contribution in [-0.2, 0) is 6.42 Å². The summed E-state index contributed by atoms with van der Waals surface area (Å²) in [5.41, 5.74) is 3.30. The molecule has 0 bridgehead atoms. The Bertz CT molecular complexity index is 884. The maximum absolute atomic E-state index is 13.3. The molecule has 0 saturated heterocycles. The number of aromatic nitrogens is 4. The molecular formula is C18H19N5O2. The van der Waals surface area contributed by atoms with E-state index < -0.39 is 0 Å². The summed E-state index contributed by atoms with van der Waals surface area (Å²) in [5, 5.41) is 0. The van der Waals surface area contributed by atoms with Crippen LogP contribution in [0.5, 0.6) is 0 Å². The van der Waals surface area contributed by atoms with Crippen molar-refractivity contribution in [1.82, 2.24) is 24.8 Å². The molecule has 128 valence electrons. The third-order valence-electron chi connectivity index (χ3n) is 4.53. The predicted octanol–water partition coefficient (Wildman–Crippen LogP) is 2.70. The molecule has 1 aliphatic heterocycles. The largest absolute Gasteiger partial charge is 0.447 e. The van der Waals surface area contributed by atoms with Gasteiger partial charge < -0.3 is 14.3 Å². The van der Waals surface area contributed by atoms with Gasteiger partial charge >= 0.3 is 0 Å². The molecule has 0 fully saturated rings. The zero-order valence-corrected chi connectivity index (χ0v) is 14.1. The van der Waals surface area contributed by atoms with E-state index in [0.717, 1.165) is 23.4 Å². The van der Waals surface area contributed by atoms with Crippen molar-refractivity contribution >= 4 is 5.91 Å². The normalized spacial score (nSPS) is 16.9. The van der Waals surface area contributed by atoms with E-state index in [9.17, 15) is 4.79 Å². The standard InChI is InChI=1S/C18H19N5O2/c1-11(2)17-15(22-10-25-17)18(24)23-8-5-13-14(21-9-20-13)16(23)12-3-6-19-7-4-12/h3-4,6-7,9-11,16H,5,8H2,1-2H3,(H,20,21). The second kappa shape index (κ2) is 6.16. The van der Waals surface area contributed by atoms with Gasteiger partial charge in [-0.2, -0.15) is 0 Å². The summed E-state index contributed by atoms with van der Waals surface area (Å²) >= 11 is 0. The first-order valence-corrected chi connectivity index (χ1v) is 8.33. The summed E-state index contributed by atoms with van der Waals surface area (Å²) in [6.45, 7) is 4.56. The lowest BCUT2D eigenvalue weighted by atomic mass is 9.95. The van der Waals surface area contributed by atoms with Crippen LogP contribution in [0, 0.1) is 0 Å². The first kappa shape index (κ1) is 15.6. The Labute approximate surface area is 145 Å². The highest BCUT2D eigenvalue weighted by Crippen LogP contribution is 2.34. The number of hydrogen-bond acceptors (Lipinski definition) is 5. The maximum Gasteiger partial charge on any atom is 0.276 e. The third-order valence-corrected chi connectivity index (χ3v) is 4.53. The molecule has 0 radical (unpaired) electrons. The van der Waals surface area contributed by atoms with Crippen LogP contribution >= 0.6 is 0 Å². The molecule has 1 amide bonds. The van der Waals surface area contributed by atoms with E-state index in [1.165, 1.54) is 6.39 Å². The van der Waals surface area contributed by atoms with E-state index in [1.807, 2.05) is 30.9 Å². The molecule has 4 heterocycles. The number of nitrogens with one attached hydrogen (secondary N) is 1. The molecule has 3 aromatic heterocycles. The molecule has 1 atom stereocenters. The van der Waals surface area contributed by atoms with Gasteiger partial charge in [-0.15, -0.1) is 0 Å². The number of carbonyl (C=O) groups excluding carboxylic acids is 1. The second-order valence-electron chi connectivity index (χ2n) is 6.42. The quantitative estimate of drug-likeness (QED) is 0.794. The lowest BCUT2D eigenvalue weighted by Crippen LogP contribution is -2.41. The van der Waals surface area contributed by atoms with Crippen molar-refractivity contribution in [1.29, 1.82) is 0 Å². The van der Waals surface area contributed by atoms with Gasteiger partial charge in [0.05, 0.1) is 12.0 Å². The van der Waals surface area contributed by atoms with Gasteiger partial charge in [0.25, 0.3) is 5.91 Å². The molecule has 7 heteroatoms. The monoisotopic (exact) mass is 337 g/mol.